The first kappa shape index (κ1) is 12.8. The van der Waals surface area contributed by atoms with Crippen molar-refractivity contribution in [2.45, 2.75) is 20.4 Å². The predicted octanol–water partition coefficient (Wildman–Crippen LogP) is -1.02. The van der Waals surface area contributed by atoms with Crippen LogP contribution < -0.4 is 17.0 Å². The summed E-state index contributed by atoms with van der Waals surface area (Å²) in [6, 6.07) is 8.53. The summed E-state index contributed by atoms with van der Waals surface area (Å²) in [6.07, 6.45) is 4.22. The summed E-state index contributed by atoms with van der Waals surface area (Å²) in [5.74, 6) is 1.28. The number of aryl methyl sites for hydroxylation is 2. The van der Waals surface area contributed by atoms with E-state index in [0.717, 1.165) is 6.54 Å². The Morgan fingerprint density at radius 1 is 1.19 bits per heavy atom. The van der Waals surface area contributed by atoms with Gasteiger partial charge in [-0.2, -0.15) is 0 Å². The van der Waals surface area contributed by atoms with E-state index < -0.39 is 0 Å². The Morgan fingerprint density at radius 3 is 2.44 bits per heavy atom. The van der Waals surface area contributed by atoms with Crippen molar-refractivity contribution in [2.75, 3.05) is 0 Å². The fourth-order valence-electron chi connectivity index (χ4n) is 1.74. The molecule has 0 atom stereocenters. The maximum atomic E-state index is 2.27. The molecular weight excluding hydrogens is 220 g/mol. The van der Waals surface area contributed by atoms with Gasteiger partial charge in [-0.1, -0.05) is 24.3 Å². The van der Waals surface area contributed by atoms with Crippen molar-refractivity contribution in [1.29, 1.82) is 0 Å². The fourth-order valence-corrected chi connectivity index (χ4v) is 1.74. The van der Waals surface area contributed by atoms with Crippen molar-refractivity contribution in [3.8, 4) is 0 Å². The predicted molar refractivity (Wildman–Crippen MR) is 60.6 cm³/mol. The SMILES string of the molecule is Cc1ccccc1Cn1cc[n+](C)c1C.[Cl-]. The van der Waals surface area contributed by atoms with Crippen molar-refractivity contribution in [3.05, 3.63) is 53.6 Å². The van der Waals surface area contributed by atoms with Gasteiger partial charge in [-0.15, -0.1) is 0 Å². The van der Waals surface area contributed by atoms with Crippen LogP contribution in [-0.4, -0.2) is 4.57 Å². The maximum Gasteiger partial charge on any atom is 0.253 e. The maximum absolute atomic E-state index is 2.27. The highest BCUT2D eigenvalue weighted by atomic mass is 35.5. The molecule has 0 amide bonds. The van der Waals surface area contributed by atoms with Gasteiger partial charge in [-0.05, 0) is 18.1 Å². The molecule has 0 saturated carbocycles. The summed E-state index contributed by atoms with van der Waals surface area (Å²) < 4.78 is 4.40. The Labute approximate surface area is 103 Å². The average Bonchev–Trinajstić information content (AvgIpc) is 2.53. The first-order valence-corrected chi connectivity index (χ1v) is 5.24. The van der Waals surface area contributed by atoms with Crippen molar-refractivity contribution in [2.24, 2.45) is 7.05 Å². The second-order valence-electron chi connectivity index (χ2n) is 4.01. The minimum Gasteiger partial charge on any atom is -1.00 e. The van der Waals surface area contributed by atoms with Gasteiger partial charge in [0.2, 0.25) is 0 Å². The van der Waals surface area contributed by atoms with E-state index in [4.69, 9.17) is 0 Å². The minimum absolute atomic E-state index is 0. The monoisotopic (exact) mass is 236 g/mol. The van der Waals surface area contributed by atoms with Gasteiger partial charge in [-0.3, -0.25) is 0 Å². The molecule has 2 nitrogen and oxygen atoms in total. The summed E-state index contributed by atoms with van der Waals surface area (Å²) in [5.41, 5.74) is 2.74. The highest BCUT2D eigenvalue weighted by Gasteiger charge is 2.09. The molecule has 0 spiro atoms. The third-order valence-electron chi connectivity index (χ3n) is 3.00. The minimum atomic E-state index is 0. The zero-order valence-corrected chi connectivity index (χ0v) is 10.7. The van der Waals surface area contributed by atoms with Crippen LogP contribution in [0.25, 0.3) is 0 Å². The van der Waals surface area contributed by atoms with Gasteiger partial charge in [0, 0.05) is 6.92 Å². The zero-order chi connectivity index (χ0) is 10.8. The normalized spacial score (nSPS) is 9.94. The second kappa shape index (κ2) is 5.17. The molecule has 0 saturated heterocycles. The molecule has 1 heterocycles. The Bertz CT molecular complexity index is 475. The van der Waals surface area contributed by atoms with Crippen molar-refractivity contribution < 1.29 is 17.0 Å². The van der Waals surface area contributed by atoms with Crippen LogP contribution in [0.5, 0.6) is 0 Å². The molecular formula is C13H17ClN2. The molecule has 1 aromatic carbocycles. The first-order chi connectivity index (χ1) is 7.18. The van der Waals surface area contributed by atoms with E-state index in [0.29, 0.717) is 0 Å². The molecule has 0 unspecified atom stereocenters. The van der Waals surface area contributed by atoms with Crippen molar-refractivity contribution in [1.82, 2.24) is 4.57 Å². The second-order valence-corrected chi connectivity index (χ2v) is 4.01. The number of halogens is 1. The lowest BCUT2D eigenvalue weighted by atomic mass is 10.1. The van der Waals surface area contributed by atoms with Crippen molar-refractivity contribution in [3.63, 3.8) is 0 Å². The first-order valence-electron chi connectivity index (χ1n) is 5.24. The van der Waals surface area contributed by atoms with Gasteiger partial charge in [-0.25, -0.2) is 9.13 Å². The lowest BCUT2D eigenvalue weighted by Crippen LogP contribution is -3.00. The number of rotatable bonds is 2. The molecule has 0 fully saturated rings. The summed E-state index contributed by atoms with van der Waals surface area (Å²) >= 11 is 0. The molecule has 3 heteroatoms. The van der Waals surface area contributed by atoms with Gasteiger partial charge < -0.3 is 12.4 Å². The zero-order valence-electron chi connectivity index (χ0n) is 9.94. The summed E-state index contributed by atoms with van der Waals surface area (Å²) in [6.45, 7) is 5.26. The Hall–Kier alpha value is -1.28. The van der Waals surface area contributed by atoms with Crippen LogP contribution in [-0.2, 0) is 13.6 Å². The highest BCUT2D eigenvalue weighted by molar-refractivity contribution is 5.25. The van der Waals surface area contributed by atoms with E-state index in [1.807, 2.05) is 0 Å². The number of nitrogens with zero attached hydrogens (tertiary/aromatic N) is 2. The summed E-state index contributed by atoms with van der Waals surface area (Å²) in [7, 11) is 2.07. The lowest BCUT2D eigenvalue weighted by molar-refractivity contribution is -0.677. The third kappa shape index (κ3) is 2.45. The van der Waals surface area contributed by atoms with Gasteiger partial charge >= 0.3 is 0 Å². The average molecular weight is 237 g/mol. The molecule has 86 valence electrons. The Morgan fingerprint density at radius 2 is 1.88 bits per heavy atom. The molecule has 0 aliphatic heterocycles. The summed E-state index contributed by atoms with van der Waals surface area (Å²) in [4.78, 5) is 0. The smallest absolute Gasteiger partial charge is 0.253 e. The largest absolute Gasteiger partial charge is 1.00 e. The van der Waals surface area contributed by atoms with E-state index in [1.54, 1.807) is 0 Å². The molecule has 1 aromatic heterocycles. The lowest BCUT2D eigenvalue weighted by Gasteiger charge is -2.03. The number of hydrogen-bond acceptors (Lipinski definition) is 0. The van der Waals surface area contributed by atoms with Crippen LogP contribution >= 0.6 is 0 Å². The molecule has 0 N–H and O–H groups in total. The Balaban J connectivity index is 0.00000128. The molecule has 2 aromatic rings. The summed E-state index contributed by atoms with van der Waals surface area (Å²) in [5, 5.41) is 0. The quantitative estimate of drug-likeness (QED) is 0.591. The number of hydrogen-bond donors (Lipinski definition) is 0. The van der Waals surface area contributed by atoms with Crippen LogP contribution in [0.4, 0.5) is 0 Å². The van der Waals surface area contributed by atoms with Crippen LogP contribution in [0, 0.1) is 13.8 Å². The van der Waals surface area contributed by atoms with Gasteiger partial charge in [0.05, 0.1) is 7.05 Å². The standard InChI is InChI=1S/C13H17N2.ClH/c1-11-6-4-5-7-13(11)10-15-9-8-14(3)12(15)2;/h4-9H,10H2,1-3H3;1H/q+1;/p-1. The van der Waals surface area contributed by atoms with E-state index in [9.17, 15) is 0 Å². The number of benzene rings is 1. The molecule has 2 rings (SSSR count). The van der Waals surface area contributed by atoms with Crippen LogP contribution in [0.2, 0.25) is 0 Å². The van der Waals surface area contributed by atoms with E-state index in [-0.39, 0.29) is 12.4 Å². The molecule has 0 aliphatic carbocycles. The van der Waals surface area contributed by atoms with Gasteiger partial charge in [0.15, 0.2) is 0 Å². The van der Waals surface area contributed by atoms with Gasteiger partial charge in [0.25, 0.3) is 5.82 Å². The van der Waals surface area contributed by atoms with Crippen molar-refractivity contribution >= 4 is 0 Å². The van der Waals surface area contributed by atoms with E-state index >= 15 is 0 Å². The fraction of sp³-hybridized carbons (Fsp3) is 0.308. The van der Waals surface area contributed by atoms with Crippen LogP contribution in [0.15, 0.2) is 36.7 Å². The van der Waals surface area contributed by atoms with E-state index in [1.165, 1.54) is 17.0 Å². The third-order valence-corrected chi connectivity index (χ3v) is 3.00. The molecule has 0 bridgehead atoms. The number of aromatic nitrogens is 2. The number of imidazole rings is 1. The van der Waals surface area contributed by atoms with Crippen LogP contribution in [0.3, 0.4) is 0 Å². The molecule has 16 heavy (non-hydrogen) atoms. The van der Waals surface area contributed by atoms with Crippen LogP contribution in [0.1, 0.15) is 17.0 Å². The highest BCUT2D eigenvalue weighted by Crippen LogP contribution is 2.09. The molecule has 0 radical (unpaired) electrons. The molecule has 0 aliphatic rings. The van der Waals surface area contributed by atoms with Gasteiger partial charge in [0.1, 0.15) is 18.9 Å². The Kier molecular flexibility index (Phi) is 4.13. The van der Waals surface area contributed by atoms with E-state index in [2.05, 4.69) is 66.7 Å². The topological polar surface area (TPSA) is 8.81 Å².